The highest BCUT2D eigenvalue weighted by Gasteiger charge is 2.35. The summed E-state index contributed by atoms with van der Waals surface area (Å²) in [4.78, 5) is 14.7. The second-order valence-corrected chi connectivity index (χ2v) is 5.64. The van der Waals surface area contributed by atoms with Crippen molar-refractivity contribution in [3.05, 3.63) is 35.9 Å². The molecule has 2 atom stereocenters. The van der Waals surface area contributed by atoms with Gasteiger partial charge in [0, 0.05) is 12.6 Å². The maximum Gasteiger partial charge on any atom is 0.241 e. The Kier molecular flexibility index (Phi) is 3.53. The van der Waals surface area contributed by atoms with E-state index in [1.54, 1.807) is 0 Å². The second-order valence-electron chi connectivity index (χ2n) is 5.64. The van der Waals surface area contributed by atoms with Crippen molar-refractivity contribution in [3.8, 4) is 0 Å². The third-order valence-corrected chi connectivity index (χ3v) is 4.42. The molecule has 0 radical (unpaired) electrons. The molecule has 2 bridgehead atoms. The molecule has 3 heterocycles. The van der Waals surface area contributed by atoms with E-state index in [9.17, 15) is 4.79 Å². The van der Waals surface area contributed by atoms with Gasteiger partial charge in [-0.1, -0.05) is 30.3 Å². The standard InChI is InChI=1S/C15H21N3O/c16-14(12-4-2-1-3-5-12)15(19)17-13-10-18-8-6-11(13)7-9-18/h1-5,11,13-14H,6-10,16H2,(H,17,19). The molecule has 4 heteroatoms. The van der Waals surface area contributed by atoms with Gasteiger partial charge >= 0.3 is 0 Å². The molecular weight excluding hydrogens is 238 g/mol. The summed E-state index contributed by atoms with van der Waals surface area (Å²) in [6.07, 6.45) is 2.40. The summed E-state index contributed by atoms with van der Waals surface area (Å²) < 4.78 is 0. The predicted octanol–water partition coefficient (Wildman–Crippen LogP) is 0.897. The van der Waals surface area contributed by atoms with Crippen LogP contribution in [0.4, 0.5) is 0 Å². The summed E-state index contributed by atoms with van der Waals surface area (Å²) in [5, 5.41) is 3.14. The minimum Gasteiger partial charge on any atom is -0.350 e. The lowest BCUT2D eigenvalue weighted by Gasteiger charge is -2.45. The lowest BCUT2D eigenvalue weighted by molar-refractivity contribution is -0.124. The number of piperidine rings is 3. The van der Waals surface area contributed by atoms with Gasteiger partial charge < -0.3 is 16.0 Å². The van der Waals surface area contributed by atoms with E-state index in [1.807, 2.05) is 30.3 Å². The van der Waals surface area contributed by atoms with Crippen LogP contribution in [0.25, 0.3) is 0 Å². The highest BCUT2D eigenvalue weighted by atomic mass is 16.2. The number of carbonyl (C=O) groups excluding carboxylic acids is 1. The van der Waals surface area contributed by atoms with Crippen LogP contribution >= 0.6 is 0 Å². The molecule has 4 rings (SSSR count). The first-order valence-corrected chi connectivity index (χ1v) is 7.07. The molecule has 1 amide bonds. The van der Waals surface area contributed by atoms with Crippen molar-refractivity contribution in [2.24, 2.45) is 11.7 Å². The molecular formula is C15H21N3O. The molecule has 3 N–H and O–H groups in total. The summed E-state index contributed by atoms with van der Waals surface area (Å²) in [7, 11) is 0. The van der Waals surface area contributed by atoms with Crippen LogP contribution in [0, 0.1) is 5.92 Å². The number of hydrogen-bond acceptors (Lipinski definition) is 3. The smallest absolute Gasteiger partial charge is 0.241 e. The number of nitrogens with zero attached hydrogens (tertiary/aromatic N) is 1. The molecule has 19 heavy (non-hydrogen) atoms. The molecule has 0 saturated carbocycles. The molecule has 1 aromatic rings. The van der Waals surface area contributed by atoms with Crippen molar-refractivity contribution in [3.63, 3.8) is 0 Å². The number of amides is 1. The maximum absolute atomic E-state index is 12.2. The third kappa shape index (κ3) is 2.65. The zero-order valence-electron chi connectivity index (χ0n) is 11.1. The summed E-state index contributed by atoms with van der Waals surface area (Å²) in [5.74, 6) is 0.585. The first-order chi connectivity index (χ1) is 9.24. The van der Waals surface area contributed by atoms with Crippen LogP contribution in [-0.2, 0) is 4.79 Å². The SMILES string of the molecule is NC(C(=O)NC1CN2CCC1CC2)c1ccccc1. The number of nitrogens with two attached hydrogens (primary N) is 1. The third-order valence-electron chi connectivity index (χ3n) is 4.42. The Balaban J connectivity index is 1.62. The van der Waals surface area contributed by atoms with E-state index in [0.29, 0.717) is 5.92 Å². The van der Waals surface area contributed by atoms with Gasteiger partial charge in [-0.2, -0.15) is 0 Å². The molecule has 1 aromatic carbocycles. The van der Waals surface area contributed by atoms with Gasteiger partial charge in [0.25, 0.3) is 0 Å². The molecule has 0 aromatic heterocycles. The quantitative estimate of drug-likeness (QED) is 0.848. The molecule has 3 aliphatic rings. The summed E-state index contributed by atoms with van der Waals surface area (Å²) >= 11 is 0. The first-order valence-electron chi connectivity index (χ1n) is 7.07. The Morgan fingerprint density at radius 1 is 1.26 bits per heavy atom. The van der Waals surface area contributed by atoms with Gasteiger partial charge in [-0.25, -0.2) is 0 Å². The van der Waals surface area contributed by atoms with E-state index >= 15 is 0 Å². The predicted molar refractivity (Wildman–Crippen MR) is 74.5 cm³/mol. The molecule has 3 aliphatic heterocycles. The normalized spacial score (nSPS) is 30.9. The fourth-order valence-corrected chi connectivity index (χ4v) is 3.21. The largest absolute Gasteiger partial charge is 0.350 e. The van der Waals surface area contributed by atoms with Crippen LogP contribution in [0.5, 0.6) is 0 Å². The number of fused-ring (bicyclic) bond motifs is 3. The number of benzene rings is 1. The van der Waals surface area contributed by atoms with Crippen LogP contribution in [0.1, 0.15) is 24.4 Å². The zero-order chi connectivity index (χ0) is 13.2. The first kappa shape index (κ1) is 12.6. The molecule has 3 saturated heterocycles. The van der Waals surface area contributed by atoms with Gasteiger partial charge in [0.1, 0.15) is 6.04 Å². The molecule has 3 fully saturated rings. The van der Waals surface area contributed by atoms with Crippen molar-refractivity contribution in [1.29, 1.82) is 0 Å². The van der Waals surface area contributed by atoms with Gasteiger partial charge in [0.2, 0.25) is 5.91 Å². The van der Waals surface area contributed by atoms with E-state index in [0.717, 1.165) is 12.1 Å². The zero-order valence-corrected chi connectivity index (χ0v) is 11.1. The lowest BCUT2D eigenvalue weighted by Crippen LogP contribution is -2.58. The van der Waals surface area contributed by atoms with Crippen LogP contribution in [0.15, 0.2) is 30.3 Å². The molecule has 4 nitrogen and oxygen atoms in total. The molecule has 2 unspecified atom stereocenters. The summed E-state index contributed by atoms with van der Waals surface area (Å²) in [6, 6.07) is 9.29. The summed E-state index contributed by atoms with van der Waals surface area (Å²) in [5.41, 5.74) is 6.90. The average molecular weight is 259 g/mol. The monoisotopic (exact) mass is 259 g/mol. The molecule has 0 spiro atoms. The van der Waals surface area contributed by atoms with Crippen molar-refractivity contribution in [2.45, 2.75) is 24.9 Å². The Morgan fingerprint density at radius 3 is 2.53 bits per heavy atom. The van der Waals surface area contributed by atoms with Crippen molar-refractivity contribution >= 4 is 5.91 Å². The van der Waals surface area contributed by atoms with Crippen molar-refractivity contribution in [2.75, 3.05) is 19.6 Å². The van der Waals surface area contributed by atoms with E-state index in [-0.39, 0.29) is 11.9 Å². The fourth-order valence-electron chi connectivity index (χ4n) is 3.21. The van der Waals surface area contributed by atoms with Crippen molar-refractivity contribution in [1.82, 2.24) is 10.2 Å². The van der Waals surface area contributed by atoms with Crippen LogP contribution in [0.3, 0.4) is 0 Å². The summed E-state index contributed by atoms with van der Waals surface area (Å²) in [6.45, 7) is 3.35. The highest BCUT2D eigenvalue weighted by molar-refractivity contribution is 5.83. The Bertz CT molecular complexity index is 440. The molecule has 102 valence electrons. The van der Waals surface area contributed by atoms with Crippen molar-refractivity contribution < 1.29 is 4.79 Å². The molecule has 0 aliphatic carbocycles. The van der Waals surface area contributed by atoms with E-state index in [1.165, 1.54) is 25.9 Å². The van der Waals surface area contributed by atoms with E-state index in [4.69, 9.17) is 5.73 Å². The minimum atomic E-state index is -0.559. The van der Waals surface area contributed by atoms with Crippen LogP contribution in [-0.4, -0.2) is 36.5 Å². The highest BCUT2D eigenvalue weighted by Crippen LogP contribution is 2.27. The number of rotatable bonds is 3. The Morgan fingerprint density at radius 2 is 1.95 bits per heavy atom. The van der Waals surface area contributed by atoms with Gasteiger partial charge in [0.05, 0.1) is 0 Å². The van der Waals surface area contributed by atoms with E-state index in [2.05, 4.69) is 10.2 Å². The maximum atomic E-state index is 12.2. The van der Waals surface area contributed by atoms with Crippen LogP contribution in [0.2, 0.25) is 0 Å². The van der Waals surface area contributed by atoms with E-state index < -0.39 is 6.04 Å². The number of carbonyl (C=O) groups is 1. The van der Waals surface area contributed by atoms with Gasteiger partial charge in [-0.3, -0.25) is 4.79 Å². The van der Waals surface area contributed by atoms with Crippen LogP contribution < -0.4 is 11.1 Å². The minimum absolute atomic E-state index is 0.0510. The Hall–Kier alpha value is -1.39. The van der Waals surface area contributed by atoms with Gasteiger partial charge in [-0.15, -0.1) is 0 Å². The van der Waals surface area contributed by atoms with Gasteiger partial charge in [0.15, 0.2) is 0 Å². The topological polar surface area (TPSA) is 58.4 Å². The number of hydrogen-bond donors (Lipinski definition) is 2. The lowest BCUT2D eigenvalue weighted by atomic mass is 9.84. The van der Waals surface area contributed by atoms with Gasteiger partial charge in [-0.05, 0) is 37.4 Å². The number of nitrogens with one attached hydrogen (secondary N) is 1. The average Bonchev–Trinajstić information content (AvgIpc) is 2.48. The second kappa shape index (κ2) is 5.31. The Labute approximate surface area is 114 Å². The fraction of sp³-hybridized carbons (Fsp3) is 0.533.